The van der Waals surface area contributed by atoms with E-state index in [0.717, 1.165) is 5.56 Å². The minimum absolute atomic E-state index is 0.141. The van der Waals surface area contributed by atoms with Crippen LogP contribution in [-0.2, 0) is 9.53 Å². The van der Waals surface area contributed by atoms with Crippen LogP contribution < -0.4 is 11.1 Å². The molecular formula is C12H16N2O3. The zero-order valence-electron chi connectivity index (χ0n) is 9.95. The number of esters is 1. The Kier molecular flexibility index (Phi) is 4.66. The van der Waals surface area contributed by atoms with Crippen molar-refractivity contribution in [2.75, 3.05) is 19.0 Å². The number of carbonyl (C=O) groups excluding carboxylic acids is 2. The zero-order chi connectivity index (χ0) is 12.8. The molecule has 0 unspecified atom stereocenters. The first-order chi connectivity index (χ1) is 8.08. The van der Waals surface area contributed by atoms with Crippen LogP contribution in [0.25, 0.3) is 0 Å². The lowest BCUT2D eigenvalue weighted by atomic mass is 10.1. The van der Waals surface area contributed by atoms with Gasteiger partial charge in [0, 0.05) is 18.7 Å². The van der Waals surface area contributed by atoms with Crippen molar-refractivity contribution >= 4 is 17.6 Å². The summed E-state index contributed by atoms with van der Waals surface area (Å²) in [5.41, 5.74) is 7.16. The van der Waals surface area contributed by atoms with E-state index in [1.54, 1.807) is 25.1 Å². The highest BCUT2D eigenvalue weighted by molar-refractivity contribution is 5.94. The van der Waals surface area contributed by atoms with Crippen molar-refractivity contribution in [1.29, 1.82) is 0 Å². The van der Waals surface area contributed by atoms with Gasteiger partial charge in [0.1, 0.15) is 0 Å². The second-order valence-corrected chi connectivity index (χ2v) is 3.61. The number of ether oxygens (including phenoxy) is 1. The van der Waals surface area contributed by atoms with Gasteiger partial charge in [-0.15, -0.1) is 0 Å². The molecule has 1 aromatic rings. The Balaban J connectivity index is 2.82. The fourth-order valence-electron chi connectivity index (χ4n) is 1.43. The molecule has 0 radical (unpaired) electrons. The molecule has 3 N–H and O–H groups in total. The van der Waals surface area contributed by atoms with E-state index in [1.165, 1.54) is 7.11 Å². The van der Waals surface area contributed by atoms with Gasteiger partial charge < -0.3 is 15.8 Å². The molecule has 0 bridgehead atoms. The third-order valence-corrected chi connectivity index (χ3v) is 2.29. The van der Waals surface area contributed by atoms with Crippen LogP contribution in [-0.4, -0.2) is 25.5 Å². The SMILES string of the molecule is COC(=O)c1ccc(NC(=O)CCN)cc1C. The van der Waals surface area contributed by atoms with Gasteiger partial charge in [0.25, 0.3) is 0 Å². The first-order valence-electron chi connectivity index (χ1n) is 5.27. The summed E-state index contributed by atoms with van der Waals surface area (Å²) < 4.78 is 4.63. The lowest BCUT2D eigenvalue weighted by Gasteiger charge is -2.08. The molecule has 0 spiro atoms. The summed E-state index contributed by atoms with van der Waals surface area (Å²) in [5.74, 6) is -0.528. The quantitative estimate of drug-likeness (QED) is 0.766. The molecule has 0 saturated heterocycles. The first kappa shape index (κ1) is 13.2. The maximum Gasteiger partial charge on any atom is 0.338 e. The lowest BCUT2D eigenvalue weighted by molar-refractivity contribution is -0.116. The second kappa shape index (κ2) is 6.00. The predicted octanol–water partition coefficient (Wildman–Crippen LogP) is 1.07. The lowest BCUT2D eigenvalue weighted by Crippen LogP contribution is -2.16. The van der Waals surface area contributed by atoms with Crippen molar-refractivity contribution in [3.8, 4) is 0 Å². The van der Waals surface area contributed by atoms with E-state index in [1.807, 2.05) is 0 Å². The maximum atomic E-state index is 11.3. The number of hydrogen-bond acceptors (Lipinski definition) is 4. The fraction of sp³-hybridized carbons (Fsp3) is 0.333. The number of aryl methyl sites for hydroxylation is 1. The van der Waals surface area contributed by atoms with Crippen molar-refractivity contribution in [3.05, 3.63) is 29.3 Å². The molecule has 1 aromatic carbocycles. The molecular weight excluding hydrogens is 220 g/mol. The van der Waals surface area contributed by atoms with Gasteiger partial charge in [-0.1, -0.05) is 0 Å². The minimum Gasteiger partial charge on any atom is -0.465 e. The molecule has 1 amide bonds. The Bertz CT molecular complexity index is 430. The van der Waals surface area contributed by atoms with E-state index < -0.39 is 0 Å². The van der Waals surface area contributed by atoms with Gasteiger partial charge in [-0.25, -0.2) is 4.79 Å². The van der Waals surface area contributed by atoms with Crippen LogP contribution in [0.15, 0.2) is 18.2 Å². The van der Waals surface area contributed by atoms with Crippen molar-refractivity contribution in [1.82, 2.24) is 0 Å². The molecule has 0 saturated carbocycles. The number of rotatable bonds is 4. The standard InChI is InChI=1S/C12H16N2O3/c1-8-7-9(14-11(15)5-6-13)3-4-10(8)12(16)17-2/h3-4,7H,5-6,13H2,1-2H3,(H,14,15). The van der Waals surface area contributed by atoms with Crippen LogP contribution in [0.1, 0.15) is 22.3 Å². The Morgan fingerprint density at radius 1 is 1.41 bits per heavy atom. The smallest absolute Gasteiger partial charge is 0.338 e. The molecule has 5 nitrogen and oxygen atoms in total. The normalized spacial score (nSPS) is 9.82. The summed E-state index contributed by atoms with van der Waals surface area (Å²) in [4.78, 5) is 22.7. The Hall–Kier alpha value is -1.88. The number of methoxy groups -OCH3 is 1. The van der Waals surface area contributed by atoms with Crippen LogP contribution in [0.3, 0.4) is 0 Å². The summed E-state index contributed by atoms with van der Waals surface area (Å²) in [6.07, 6.45) is 0.276. The zero-order valence-corrected chi connectivity index (χ0v) is 9.95. The van der Waals surface area contributed by atoms with Crippen LogP contribution in [0.2, 0.25) is 0 Å². The van der Waals surface area contributed by atoms with E-state index in [4.69, 9.17) is 5.73 Å². The maximum absolute atomic E-state index is 11.3. The van der Waals surface area contributed by atoms with Gasteiger partial charge >= 0.3 is 5.97 Å². The number of benzene rings is 1. The van der Waals surface area contributed by atoms with Crippen LogP contribution in [0.5, 0.6) is 0 Å². The predicted molar refractivity (Wildman–Crippen MR) is 64.8 cm³/mol. The van der Waals surface area contributed by atoms with E-state index >= 15 is 0 Å². The molecule has 0 aliphatic rings. The molecule has 1 rings (SSSR count). The Morgan fingerprint density at radius 3 is 2.65 bits per heavy atom. The summed E-state index contributed by atoms with van der Waals surface area (Å²) in [5, 5.41) is 2.70. The number of carbonyl (C=O) groups is 2. The fourth-order valence-corrected chi connectivity index (χ4v) is 1.43. The van der Waals surface area contributed by atoms with Gasteiger partial charge in [0.15, 0.2) is 0 Å². The molecule has 0 aromatic heterocycles. The van der Waals surface area contributed by atoms with Gasteiger partial charge in [-0.3, -0.25) is 4.79 Å². The highest BCUT2D eigenvalue weighted by atomic mass is 16.5. The highest BCUT2D eigenvalue weighted by Crippen LogP contribution is 2.16. The van der Waals surface area contributed by atoms with E-state index in [9.17, 15) is 9.59 Å². The monoisotopic (exact) mass is 236 g/mol. The Morgan fingerprint density at radius 2 is 2.12 bits per heavy atom. The average molecular weight is 236 g/mol. The number of nitrogens with one attached hydrogen (secondary N) is 1. The summed E-state index contributed by atoms with van der Waals surface area (Å²) in [6, 6.07) is 5.01. The molecule has 0 heterocycles. The molecule has 0 aliphatic heterocycles. The van der Waals surface area contributed by atoms with E-state index in [-0.39, 0.29) is 18.3 Å². The van der Waals surface area contributed by atoms with E-state index in [0.29, 0.717) is 17.8 Å². The van der Waals surface area contributed by atoms with Gasteiger partial charge in [-0.2, -0.15) is 0 Å². The second-order valence-electron chi connectivity index (χ2n) is 3.61. The third kappa shape index (κ3) is 3.57. The summed E-state index contributed by atoms with van der Waals surface area (Å²) in [6.45, 7) is 2.09. The van der Waals surface area contributed by atoms with Crippen molar-refractivity contribution in [2.45, 2.75) is 13.3 Å². The van der Waals surface area contributed by atoms with Gasteiger partial charge in [-0.05, 0) is 30.7 Å². The largest absolute Gasteiger partial charge is 0.465 e. The number of hydrogen-bond donors (Lipinski definition) is 2. The van der Waals surface area contributed by atoms with Crippen molar-refractivity contribution < 1.29 is 14.3 Å². The number of nitrogens with two attached hydrogens (primary N) is 1. The number of anilines is 1. The molecule has 17 heavy (non-hydrogen) atoms. The topological polar surface area (TPSA) is 81.4 Å². The summed E-state index contributed by atoms with van der Waals surface area (Å²) >= 11 is 0. The molecule has 0 atom stereocenters. The summed E-state index contributed by atoms with van der Waals surface area (Å²) in [7, 11) is 1.33. The van der Waals surface area contributed by atoms with E-state index in [2.05, 4.69) is 10.1 Å². The Labute approximate surface area is 99.9 Å². The van der Waals surface area contributed by atoms with Gasteiger partial charge in [0.05, 0.1) is 12.7 Å². The third-order valence-electron chi connectivity index (χ3n) is 2.29. The van der Waals surface area contributed by atoms with Gasteiger partial charge in [0.2, 0.25) is 5.91 Å². The molecule has 5 heteroatoms. The van der Waals surface area contributed by atoms with Crippen molar-refractivity contribution in [3.63, 3.8) is 0 Å². The average Bonchev–Trinajstić information content (AvgIpc) is 2.28. The first-order valence-corrected chi connectivity index (χ1v) is 5.27. The molecule has 0 aliphatic carbocycles. The minimum atomic E-state index is -0.387. The van der Waals surface area contributed by atoms with Crippen LogP contribution in [0, 0.1) is 6.92 Å². The van der Waals surface area contributed by atoms with Crippen molar-refractivity contribution in [2.24, 2.45) is 5.73 Å². The molecule has 92 valence electrons. The molecule has 0 fully saturated rings. The van der Waals surface area contributed by atoms with Crippen LogP contribution in [0.4, 0.5) is 5.69 Å². The number of amides is 1. The highest BCUT2D eigenvalue weighted by Gasteiger charge is 2.10. The van der Waals surface area contributed by atoms with Crippen LogP contribution >= 0.6 is 0 Å².